The number of amides is 1. The molecular weight excluding hydrogens is 413 g/mol. The van der Waals surface area contributed by atoms with Crippen LogP contribution in [-0.4, -0.2) is 22.2 Å². The molecule has 0 aliphatic rings. The molecule has 0 radical (unpaired) electrons. The van der Waals surface area contributed by atoms with E-state index in [1.165, 1.54) is 30.8 Å². The molecule has 0 saturated heterocycles. The number of nitrogens with one attached hydrogen (secondary N) is 1. The molecule has 2 aromatic rings. The van der Waals surface area contributed by atoms with Gasteiger partial charge in [0.05, 0.1) is 0 Å². The van der Waals surface area contributed by atoms with Gasteiger partial charge in [0.2, 0.25) is 0 Å². The molecule has 2 rings (SSSR count). The van der Waals surface area contributed by atoms with Crippen molar-refractivity contribution in [2.75, 3.05) is 0 Å². The highest BCUT2D eigenvalue weighted by Crippen LogP contribution is 2.37. The Bertz CT molecular complexity index is 838. The first-order chi connectivity index (χ1) is 12.9. The van der Waals surface area contributed by atoms with Crippen LogP contribution in [0.25, 0.3) is 6.08 Å². The van der Waals surface area contributed by atoms with Crippen molar-refractivity contribution < 1.29 is 14.3 Å². The molecule has 144 valence electrons. The predicted octanol–water partition coefficient (Wildman–Crippen LogP) is 5.40. The minimum absolute atomic E-state index is 0.102. The van der Waals surface area contributed by atoms with Crippen LogP contribution in [0.2, 0.25) is 0 Å². The fourth-order valence-corrected chi connectivity index (χ4v) is 2.59. The highest BCUT2D eigenvalue weighted by atomic mass is 79.9. The number of rotatable bonds is 5. The monoisotopic (exact) mass is 435 g/mol. The Kier molecular flexibility index (Phi) is 9.36. The van der Waals surface area contributed by atoms with Gasteiger partial charge in [-0.05, 0) is 40.5 Å². The van der Waals surface area contributed by atoms with Crippen LogP contribution in [0.4, 0.5) is 10.1 Å². The maximum absolute atomic E-state index is 13.2. The summed E-state index contributed by atoms with van der Waals surface area (Å²) in [6.45, 7) is 9.68. The van der Waals surface area contributed by atoms with Gasteiger partial charge in [0.25, 0.3) is 5.91 Å². The first kappa shape index (κ1) is 22.5. The van der Waals surface area contributed by atoms with Gasteiger partial charge in [-0.15, -0.1) is 0 Å². The first-order valence-corrected chi connectivity index (χ1v) is 9.24. The highest BCUT2D eigenvalue weighted by Gasteiger charge is 2.21. The summed E-state index contributed by atoms with van der Waals surface area (Å²) in [4.78, 5) is 20.4. The van der Waals surface area contributed by atoms with Crippen LogP contribution in [-0.2, 0) is 6.54 Å². The molecule has 0 aliphatic carbocycles. The Balaban J connectivity index is 0.00000114. The Hall–Kier alpha value is -2.54. The van der Waals surface area contributed by atoms with Crippen LogP contribution in [0, 0.1) is 5.82 Å². The van der Waals surface area contributed by atoms with Gasteiger partial charge in [-0.3, -0.25) is 9.79 Å². The lowest BCUT2D eigenvalue weighted by atomic mass is 10.1. The van der Waals surface area contributed by atoms with Gasteiger partial charge in [-0.1, -0.05) is 45.1 Å². The SMILES string of the molecule is C=Cc1c(Br)nc(C(=O)NCc2cccc(F)c2)c(O)c1N=CC.CCC. The Morgan fingerprint density at radius 1 is 1.44 bits per heavy atom. The van der Waals surface area contributed by atoms with E-state index in [9.17, 15) is 14.3 Å². The maximum Gasteiger partial charge on any atom is 0.274 e. The standard InChI is InChI=1S/C17H15BrFN3O2.C3H8/c1-3-12-13(20-4-2)15(23)14(22-16(12)18)17(24)21-9-10-6-5-7-11(19)8-10;1-3-2/h3-8,23H,1,9H2,2H3,(H,21,24);3H2,1-2H3. The van der Waals surface area contributed by atoms with Gasteiger partial charge in [0.15, 0.2) is 11.4 Å². The number of nitrogens with zero attached hydrogens (tertiary/aromatic N) is 2. The fraction of sp³-hybridized carbons (Fsp3) is 0.250. The quantitative estimate of drug-likeness (QED) is 0.487. The van der Waals surface area contributed by atoms with E-state index in [1.54, 1.807) is 19.1 Å². The number of carbonyl (C=O) groups is 1. The van der Waals surface area contributed by atoms with Crippen molar-refractivity contribution >= 4 is 39.8 Å². The summed E-state index contributed by atoms with van der Waals surface area (Å²) in [5, 5.41) is 12.9. The average molecular weight is 436 g/mol. The third-order valence-electron chi connectivity index (χ3n) is 3.16. The third kappa shape index (κ3) is 6.29. The maximum atomic E-state index is 13.2. The smallest absolute Gasteiger partial charge is 0.274 e. The Labute approximate surface area is 167 Å². The molecular formula is C20H23BrFN3O2. The molecule has 0 aliphatic heterocycles. The van der Waals surface area contributed by atoms with Crippen LogP contribution in [0.1, 0.15) is 48.8 Å². The average Bonchev–Trinajstić information content (AvgIpc) is 2.63. The molecule has 5 nitrogen and oxygen atoms in total. The largest absolute Gasteiger partial charge is 0.504 e. The second-order valence-corrected chi connectivity index (χ2v) is 6.22. The lowest BCUT2D eigenvalue weighted by Crippen LogP contribution is -2.24. The molecule has 1 heterocycles. The summed E-state index contributed by atoms with van der Waals surface area (Å²) in [6.07, 6.45) is 4.22. The van der Waals surface area contributed by atoms with E-state index >= 15 is 0 Å². The number of hydrogen-bond donors (Lipinski definition) is 2. The van der Waals surface area contributed by atoms with Crippen LogP contribution >= 0.6 is 15.9 Å². The molecule has 2 N–H and O–H groups in total. The molecule has 0 saturated carbocycles. The summed E-state index contributed by atoms with van der Waals surface area (Å²) in [6, 6.07) is 5.87. The zero-order valence-electron chi connectivity index (χ0n) is 15.6. The molecule has 27 heavy (non-hydrogen) atoms. The topological polar surface area (TPSA) is 74.6 Å². The van der Waals surface area contributed by atoms with Crippen LogP contribution < -0.4 is 5.32 Å². The van der Waals surface area contributed by atoms with Gasteiger partial charge < -0.3 is 10.4 Å². The van der Waals surface area contributed by atoms with E-state index < -0.39 is 5.91 Å². The van der Waals surface area contributed by atoms with Gasteiger partial charge in [-0.25, -0.2) is 9.37 Å². The summed E-state index contributed by atoms with van der Waals surface area (Å²) < 4.78 is 13.5. The Morgan fingerprint density at radius 3 is 2.67 bits per heavy atom. The van der Waals surface area contributed by atoms with E-state index in [0.29, 0.717) is 15.7 Å². The molecule has 0 atom stereocenters. The van der Waals surface area contributed by atoms with E-state index in [-0.39, 0.29) is 29.5 Å². The van der Waals surface area contributed by atoms with Gasteiger partial charge >= 0.3 is 0 Å². The molecule has 7 heteroatoms. The van der Waals surface area contributed by atoms with Crippen molar-refractivity contribution in [1.82, 2.24) is 10.3 Å². The van der Waals surface area contributed by atoms with E-state index in [4.69, 9.17) is 0 Å². The minimum Gasteiger partial charge on any atom is -0.504 e. The van der Waals surface area contributed by atoms with Crippen molar-refractivity contribution in [2.24, 2.45) is 4.99 Å². The van der Waals surface area contributed by atoms with Gasteiger partial charge in [-0.2, -0.15) is 0 Å². The first-order valence-electron chi connectivity index (χ1n) is 8.45. The van der Waals surface area contributed by atoms with E-state index in [2.05, 4.69) is 51.6 Å². The van der Waals surface area contributed by atoms with E-state index in [1.807, 2.05) is 0 Å². The summed E-state index contributed by atoms with van der Waals surface area (Å²) in [5.41, 5.74) is 1.10. The van der Waals surface area contributed by atoms with Crippen molar-refractivity contribution in [2.45, 2.75) is 33.7 Å². The summed E-state index contributed by atoms with van der Waals surface area (Å²) in [5.74, 6) is -1.33. The van der Waals surface area contributed by atoms with Crippen molar-refractivity contribution in [3.05, 3.63) is 58.1 Å². The van der Waals surface area contributed by atoms with Crippen LogP contribution in [0.3, 0.4) is 0 Å². The molecule has 0 spiro atoms. The molecule has 1 aromatic carbocycles. The number of aliphatic imine (C=N–C) groups is 1. The lowest BCUT2D eigenvalue weighted by Gasteiger charge is -2.11. The zero-order chi connectivity index (χ0) is 20.4. The molecule has 1 amide bonds. The second kappa shape index (κ2) is 11.2. The minimum atomic E-state index is -0.597. The van der Waals surface area contributed by atoms with Crippen molar-refractivity contribution in [1.29, 1.82) is 0 Å². The van der Waals surface area contributed by atoms with Crippen molar-refractivity contribution in [3.63, 3.8) is 0 Å². The molecule has 0 unspecified atom stereocenters. The summed E-state index contributed by atoms with van der Waals surface area (Å²) in [7, 11) is 0. The number of pyridine rings is 1. The highest BCUT2D eigenvalue weighted by molar-refractivity contribution is 9.10. The van der Waals surface area contributed by atoms with E-state index in [0.717, 1.165) is 0 Å². The summed E-state index contributed by atoms with van der Waals surface area (Å²) >= 11 is 3.24. The zero-order valence-corrected chi connectivity index (χ0v) is 17.2. The molecule has 0 bridgehead atoms. The molecule has 1 aromatic heterocycles. The predicted molar refractivity (Wildman–Crippen MR) is 111 cm³/mol. The second-order valence-electron chi connectivity index (χ2n) is 5.47. The number of hydrogen-bond acceptors (Lipinski definition) is 4. The number of carbonyl (C=O) groups excluding carboxylic acids is 1. The normalized spacial score (nSPS) is 10.3. The third-order valence-corrected chi connectivity index (χ3v) is 3.76. The van der Waals surface area contributed by atoms with Crippen LogP contribution in [0.5, 0.6) is 5.75 Å². The lowest BCUT2D eigenvalue weighted by molar-refractivity contribution is 0.0942. The van der Waals surface area contributed by atoms with Crippen LogP contribution in [0.15, 0.2) is 40.4 Å². The molecule has 0 fully saturated rings. The number of aromatic hydroxyl groups is 1. The Morgan fingerprint density at radius 2 is 2.11 bits per heavy atom. The number of aromatic nitrogens is 1. The fourth-order valence-electron chi connectivity index (χ4n) is 2.06. The van der Waals surface area contributed by atoms with Gasteiger partial charge in [0.1, 0.15) is 16.1 Å². The number of benzene rings is 1. The van der Waals surface area contributed by atoms with Gasteiger partial charge in [0, 0.05) is 18.3 Å². The number of halogens is 2. The van der Waals surface area contributed by atoms with Crippen molar-refractivity contribution in [3.8, 4) is 5.75 Å².